The average molecular weight is 457 g/mol. The number of nitrogens with zero attached hydrogens (tertiary/aromatic N) is 2. The summed E-state index contributed by atoms with van der Waals surface area (Å²) in [6, 6.07) is 5.41. The fourth-order valence-electron chi connectivity index (χ4n) is 2.64. The lowest BCUT2D eigenvalue weighted by Crippen LogP contribution is -2.36. The van der Waals surface area contributed by atoms with Crippen molar-refractivity contribution in [2.75, 3.05) is 0 Å². The molecule has 1 aromatic carbocycles. The van der Waals surface area contributed by atoms with Crippen LogP contribution in [0.2, 0.25) is 15.2 Å². The number of aromatic nitrogens is 2. The van der Waals surface area contributed by atoms with E-state index in [4.69, 9.17) is 39.5 Å². The molecule has 1 N–H and O–H groups in total. The second-order valence-electron chi connectivity index (χ2n) is 6.88. The van der Waals surface area contributed by atoms with Crippen LogP contribution in [0, 0.1) is 6.92 Å². The van der Waals surface area contributed by atoms with Crippen LogP contribution in [-0.2, 0) is 20.9 Å². The van der Waals surface area contributed by atoms with Gasteiger partial charge < -0.3 is 10.1 Å². The van der Waals surface area contributed by atoms with Crippen molar-refractivity contribution in [3.05, 3.63) is 56.3 Å². The zero-order chi connectivity index (χ0) is 21.1. The fraction of sp³-hybridized carbons (Fsp3) is 0.350. The number of carbonyl (C=O) groups excluding carboxylic acids is 2. The maximum Gasteiger partial charge on any atom is 0.331 e. The number of esters is 1. The highest BCUT2D eigenvalue weighted by Crippen LogP contribution is 2.26. The van der Waals surface area contributed by atoms with E-state index in [9.17, 15) is 9.59 Å². The van der Waals surface area contributed by atoms with E-state index >= 15 is 0 Å². The number of rotatable bonds is 7. The molecule has 0 aliphatic heterocycles. The molecule has 0 radical (unpaired) electrons. The number of ether oxygens (including phenoxy) is 1. The Labute approximate surface area is 183 Å². The summed E-state index contributed by atoms with van der Waals surface area (Å²) in [6.45, 7) is 3.67. The first kappa shape index (κ1) is 21.7. The van der Waals surface area contributed by atoms with Crippen LogP contribution in [0.25, 0.3) is 6.08 Å². The molecule has 1 aliphatic carbocycles. The van der Waals surface area contributed by atoms with E-state index in [0.717, 1.165) is 18.4 Å². The quantitative estimate of drug-likeness (QED) is 0.494. The van der Waals surface area contributed by atoms with Crippen molar-refractivity contribution in [1.82, 2.24) is 15.1 Å². The molecule has 6 nitrogen and oxygen atoms in total. The average Bonchev–Trinajstić information content (AvgIpc) is 3.42. The second kappa shape index (κ2) is 9.20. The Kier molecular flexibility index (Phi) is 6.88. The first-order valence-electron chi connectivity index (χ1n) is 9.10. The lowest BCUT2D eigenvalue weighted by Gasteiger charge is -2.11. The van der Waals surface area contributed by atoms with Gasteiger partial charge in [-0.05, 0) is 50.5 Å². The lowest BCUT2D eigenvalue weighted by atomic mass is 10.2. The van der Waals surface area contributed by atoms with Crippen molar-refractivity contribution in [3.63, 3.8) is 0 Å². The standard InChI is InChI=1S/C20H20Cl3N3O3/c1-11-16(7-8-18(27)29-12(2)20(28)24-15-5-6-15)19(23)26(25-11)10-13-3-4-14(21)9-17(13)22/h3-4,7-9,12,15H,5-6,10H2,1-2H3,(H,24,28)/b8-7+. The highest BCUT2D eigenvalue weighted by atomic mass is 35.5. The van der Waals surface area contributed by atoms with Gasteiger partial charge in [-0.3, -0.25) is 4.79 Å². The monoisotopic (exact) mass is 455 g/mol. The van der Waals surface area contributed by atoms with Crippen LogP contribution >= 0.6 is 34.8 Å². The van der Waals surface area contributed by atoms with E-state index < -0.39 is 12.1 Å². The molecule has 1 heterocycles. The molecule has 0 saturated heterocycles. The maximum atomic E-state index is 12.0. The molecule has 0 bridgehead atoms. The number of hydrogen-bond donors (Lipinski definition) is 1. The van der Waals surface area contributed by atoms with Gasteiger partial charge >= 0.3 is 5.97 Å². The van der Waals surface area contributed by atoms with Gasteiger partial charge in [0.1, 0.15) is 5.15 Å². The fourth-order valence-corrected chi connectivity index (χ4v) is 3.40. The van der Waals surface area contributed by atoms with Crippen molar-refractivity contribution in [3.8, 4) is 0 Å². The van der Waals surface area contributed by atoms with E-state index in [0.29, 0.717) is 33.0 Å². The summed E-state index contributed by atoms with van der Waals surface area (Å²) in [5.74, 6) is -0.927. The summed E-state index contributed by atoms with van der Waals surface area (Å²) in [5.41, 5.74) is 2.04. The SMILES string of the molecule is Cc1nn(Cc2ccc(Cl)cc2Cl)c(Cl)c1/C=C/C(=O)OC(C)C(=O)NC1CC1. The third kappa shape index (κ3) is 5.75. The van der Waals surface area contributed by atoms with Crippen LogP contribution in [-0.4, -0.2) is 33.8 Å². The lowest BCUT2D eigenvalue weighted by molar-refractivity contribution is -0.150. The minimum Gasteiger partial charge on any atom is -0.449 e. The molecule has 29 heavy (non-hydrogen) atoms. The van der Waals surface area contributed by atoms with Gasteiger partial charge in [-0.15, -0.1) is 0 Å². The molecule has 2 aromatic rings. The van der Waals surface area contributed by atoms with Crippen molar-refractivity contribution < 1.29 is 14.3 Å². The molecule has 3 rings (SSSR count). The number of amides is 1. The Morgan fingerprint density at radius 1 is 1.34 bits per heavy atom. The molecular formula is C20H20Cl3N3O3. The summed E-state index contributed by atoms with van der Waals surface area (Å²) in [5, 5.41) is 8.61. The zero-order valence-electron chi connectivity index (χ0n) is 15.9. The second-order valence-corrected chi connectivity index (χ2v) is 8.08. The zero-order valence-corrected chi connectivity index (χ0v) is 18.2. The smallest absolute Gasteiger partial charge is 0.331 e. The van der Waals surface area contributed by atoms with Gasteiger partial charge in [-0.1, -0.05) is 40.9 Å². The topological polar surface area (TPSA) is 73.2 Å². The van der Waals surface area contributed by atoms with E-state index in [2.05, 4.69) is 10.4 Å². The van der Waals surface area contributed by atoms with Gasteiger partial charge in [-0.2, -0.15) is 5.10 Å². The molecule has 1 saturated carbocycles. The van der Waals surface area contributed by atoms with Crippen LogP contribution in [0.4, 0.5) is 0 Å². The Morgan fingerprint density at radius 3 is 2.72 bits per heavy atom. The molecule has 1 amide bonds. The van der Waals surface area contributed by atoms with Gasteiger partial charge in [0.05, 0.1) is 12.2 Å². The van der Waals surface area contributed by atoms with E-state index in [-0.39, 0.29) is 11.9 Å². The van der Waals surface area contributed by atoms with E-state index in [1.807, 2.05) is 0 Å². The van der Waals surface area contributed by atoms with Gasteiger partial charge in [0, 0.05) is 27.7 Å². The number of hydrogen-bond acceptors (Lipinski definition) is 4. The van der Waals surface area contributed by atoms with Crippen molar-refractivity contribution in [1.29, 1.82) is 0 Å². The molecule has 0 spiro atoms. The van der Waals surface area contributed by atoms with Crippen LogP contribution in [0.3, 0.4) is 0 Å². The third-order valence-corrected chi connectivity index (χ3v) is 5.40. The third-order valence-electron chi connectivity index (χ3n) is 4.42. The van der Waals surface area contributed by atoms with Crippen molar-refractivity contribution in [2.24, 2.45) is 0 Å². The van der Waals surface area contributed by atoms with Crippen molar-refractivity contribution in [2.45, 2.75) is 45.4 Å². The molecular weight excluding hydrogens is 437 g/mol. The summed E-state index contributed by atoms with van der Waals surface area (Å²) < 4.78 is 6.72. The highest BCUT2D eigenvalue weighted by Gasteiger charge is 2.26. The van der Waals surface area contributed by atoms with Gasteiger partial charge in [0.2, 0.25) is 0 Å². The highest BCUT2D eigenvalue weighted by molar-refractivity contribution is 6.35. The number of carbonyl (C=O) groups is 2. The Hall–Kier alpha value is -2.02. The molecule has 1 fully saturated rings. The van der Waals surface area contributed by atoms with Crippen LogP contribution < -0.4 is 5.32 Å². The number of nitrogens with one attached hydrogen (secondary N) is 1. The molecule has 1 atom stereocenters. The Morgan fingerprint density at radius 2 is 2.07 bits per heavy atom. The predicted octanol–water partition coefficient (Wildman–Crippen LogP) is 4.42. The largest absolute Gasteiger partial charge is 0.449 e. The normalized spacial score (nSPS) is 14.8. The van der Waals surface area contributed by atoms with Crippen LogP contribution in [0.1, 0.15) is 36.6 Å². The summed E-state index contributed by atoms with van der Waals surface area (Å²) in [4.78, 5) is 23.9. The van der Waals surface area contributed by atoms with Gasteiger partial charge in [-0.25, -0.2) is 9.48 Å². The summed E-state index contributed by atoms with van der Waals surface area (Å²) in [6.07, 6.45) is 3.83. The first-order chi connectivity index (χ1) is 13.7. The van der Waals surface area contributed by atoms with Crippen molar-refractivity contribution >= 4 is 52.8 Å². The molecule has 1 aromatic heterocycles. The number of halogens is 3. The number of benzene rings is 1. The minimum atomic E-state index is -0.862. The number of aryl methyl sites for hydroxylation is 1. The van der Waals surface area contributed by atoms with Gasteiger partial charge in [0.25, 0.3) is 5.91 Å². The maximum absolute atomic E-state index is 12.0. The predicted molar refractivity (Wildman–Crippen MR) is 113 cm³/mol. The molecule has 9 heteroatoms. The van der Waals surface area contributed by atoms with Gasteiger partial charge in [0.15, 0.2) is 6.10 Å². The Bertz CT molecular complexity index is 967. The van der Waals surface area contributed by atoms with E-state index in [1.165, 1.54) is 19.1 Å². The molecule has 1 unspecified atom stereocenters. The molecule has 1 aliphatic rings. The summed E-state index contributed by atoms with van der Waals surface area (Å²) in [7, 11) is 0. The summed E-state index contributed by atoms with van der Waals surface area (Å²) >= 11 is 18.6. The van der Waals surface area contributed by atoms with Crippen LogP contribution in [0.15, 0.2) is 24.3 Å². The Balaban J connectivity index is 1.65. The van der Waals surface area contributed by atoms with E-state index in [1.54, 1.807) is 29.8 Å². The minimum absolute atomic E-state index is 0.209. The molecule has 154 valence electrons. The van der Waals surface area contributed by atoms with Crippen LogP contribution in [0.5, 0.6) is 0 Å². The first-order valence-corrected chi connectivity index (χ1v) is 10.2.